The van der Waals surface area contributed by atoms with Gasteiger partial charge in [0.15, 0.2) is 5.17 Å². The second-order valence-electron chi connectivity index (χ2n) is 6.46. The van der Waals surface area contributed by atoms with Gasteiger partial charge in [-0.3, -0.25) is 9.98 Å². The fourth-order valence-electron chi connectivity index (χ4n) is 3.76. The van der Waals surface area contributed by atoms with Crippen LogP contribution < -0.4 is 0 Å². The number of ether oxygens (including phenoxy) is 1. The molecule has 0 bridgehead atoms. The molecule has 25 heavy (non-hydrogen) atoms. The Bertz CT molecular complexity index is 745. The fourth-order valence-corrected chi connectivity index (χ4v) is 5.10. The standard InChI is InChI=1S/C19H24N4OS/c1-3-14-13-25-19-21-17(15-7-4-5-9-20-15)18(23(14)19)16-8-6-10-22(16)11-12-24-2/h4-10,14,17-18H,3,11-13H2,1-2H3/t14-,17-,18+/m1/s1. The van der Waals surface area contributed by atoms with E-state index in [1.54, 1.807) is 7.11 Å². The van der Waals surface area contributed by atoms with Gasteiger partial charge in [-0.25, -0.2) is 0 Å². The van der Waals surface area contributed by atoms with Crippen molar-refractivity contribution in [3.05, 3.63) is 54.1 Å². The van der Waals surface area contributed by atoms with E-state index in [4.69, 9.17) is 9.73 Å². The Labute approximate surface area is 153 Å². The summed E-state index contributed by atoms with van der Waals surface area (Å²) in [4.78, 5) is 12.2. The van der Waals surface area contributed by atoms with E-state index in [9.17, 15) is 0 Å². The molecule has 2 aromatic heterocycles. The van der Waals surface area contributed by atoms with Crippen molar-refractivity contribution in [2.75, 3.05) is 19.5 Å². The summed E-state index contributed by atoms with van der Waals surface area (Å²) < 4.78 is 7.60. The number of thioether (sulfide) groups is 1. The monoisotopic (exact) mass is 356 g/mol. The largest absolute Gasteiger partial charge is 0.383 e. The molecule has 0 aromatic carbocycles. The lowest BCUT2D eigenvalue weighted by Gasteiger charge is -2.32. The molecule has 3 atom stereocenters. The van der Waals surface area contributed by atoms with Crippen LogP contribution in [0.15, 0.2) is 47.7 Å². The lowest BCUT2D eigenvalue weighted by atomic mass is 9.99. The number of aliphatic imine (C=N–C) groups is 1. The molecule has 0 amide bonds. The SMILES string of the molecule is CC[C@@H]1CSC2=N[C@H](c3ccccn3)[C@H](c3cccn3CCOC)N21. The molecule has 0 spiro atoms. The number of pyridine rings is 1. The van der Waals surface area contributed by atoms with E-state index in [2.05, 4.69) is 51.8 Å². The summed E-state index contributed by atoms with van der Waals surface area (Å²) in [5.41, 5.74) is 2.34. The maximum Gasteiger partial charge on any atom is 0.160 e. The Hall–Kier alpha value is -1.79. The summed E-state index contributed by atoms with van der Waals surface area (Å²) in [5.74, 6) is 1.12. The smallest absolute Gasteiger partial charge is 0.160 e. The van der Waals surface area contributed by atoms with Gasteiger partial charge in [-0.2, -0.15) is 0 Å². The minimum absolute atomic E-state index is 0.0502. The minimum atomic E-state index is 0.0502. The van der Waals surface area contributed by atoms with E-state index in [0.29, 0.717) is 12.6 Å². The number of methoxy groups -OCH3 is 1. The van der Waals surface area contributed by atoms with Gasteiger partial charge in [0.2, 0.25) is 0 Å². The van der Waals surface area contributed by atoms with Crippen molar-refractivity contribution in [2.45, 2.75) is 38.0 Å². The Kier molecular flexibility index (Phi) is 4.81. The lowest BCUT2D eigenvalue weighted by molar-refractivity contribution is 0.182. The molecule has 0 aliphatic carbocycles. The van der Waals surface area contributed by atoms with Crippen molar-refractivity contribution in [3.63, 3.8) is 0 Å². The third-order valence-electron chi connectivity index (χ3n) is 5.03. The van der Waals surface area contributed by atoms with Crippen molar-refractivity contribution in [1.82, 2.24) is 14.5 Å². The van der Waals surface area contributed by atoms with Crippen LogP contribution in [0.1, 0.15) is 36.8 Å². The molecule has 6 heteroatoms. The summed E-state index contributed by atoms with van der Waals surface area (Å²) in [6.45, 7) is 3.84. The van der Waals surface area contributed by atoms with Crippen LogP contribution in [-0.4, -0.2) is 45.1 Å². The summed E-state index contributed by atoms with van der Waals surface area (Å²) in [5, 5.41) is 1.17. The molecule has 2 aliphatic heterocycles. The van der Waals surface area contributed by atoms with E-state index in [0.717, 1.165) is 24.4 Å². The Balaban J connectivity index is 1.74. The second-order valence-corrected chi connectivity index (χ2v) is 7.44. The molecule has 0 N–H and O–H groups in total. The van der Waals surface area contributed by atoms with Crippen LogP contribution in [0.3, 0.4) is 0 Å². The third kappa shape index (κ3) is 2.98. The van der Waals surface area contributed by atoms with Crippen molar-refractivity contribution in [2.24, 2.45) is 4.99 Å². The zero-order chi connectivity index (χ0) is 17.2. The molecule has 0 unspecified atom stereocenters. The number of fused-ring (bicyclic) bond motifs is 1. The van der Waals surface area contributed by atoms with Crippen LogP contribution in [0, 0.1) is 0 Å². The van der Waals surface area contributed by atoms with Gasteiger partial charge < -0.3 is 14.2 Å². The molecule has 4 heterocycles. The molecule has 132 valence electrons. The van der Waals surface area contributed by atoms with E-state index < -0.39 is 0 Å². The highest BCUT2D eigenvalue weighted by Gasteiger charge is 2.46. The normalized spacial score (nSPS) is 25.3. The summed E-state index contributed by atoms with van der Waals surface area (Å²) in [6, 6.07) is 11.3. The molecule has 2 aromatic rings. The molecule has 1 fully saturated rings. The lowest BCUT2D eigenvalue weighted by Crippen LogP contribution is -2.36. The average Bonchev–Trinajstić information content (AvgIpc) is 3.35. The maximum absolute atomic E-state index is 5.29. The maximum atomic E-state index is 5.29. The number of hydrogen-bond donors (Lipinski definition) is 0. The van der Waals surface area contributed by atoms with Gasteiger partial charge in [0.05, 0.1) is 18.3 Å². The first kappa shape index (κ1) is 16.7. The number of rotatable bonds is 6. The zero-order valence-corrected chi connectivity index (χ0v) is 15.5. The van der Waals surface area contributed by atoms with Crippen LogP contribution in [0.2, 0.25) is 0 Å². The average molecular weight is 356 g/mol. The first-order chi connectivity index (χ1) is 12.3. The third-order valence-corrected chi connectivity index (χ3v) is 6.16. The van der Waals surface area contributed by atoms with E-state index in [-0.39, 0.29) is 12.1 Å². The van der Waals surface area contributed by atoms with Crippen molar-refractivity contribution in [1.29, 1.82) is 0 Å². The molecule has 2 aliphatic rings. The number of amidine groups is 1. The highest BCUT2D eigenvalue weighted by atomic mass is 32.2. The highest BCUT2D eigenvalue weighted by Crippen LogP contribution is 2.48. The topological polar surface area (TPSA) is 42.6 Å². The van der Waals surface area contributed by atoms with Crippen molar-refractivity contribution in [3.8, 4) is 0 Å². The summed E-state index contributed by atoms with van der Waals surface area (Å²) in [6.07, 6.45) is 5.15. The number of hydrogen-bond acceptors (Lipinski definition) is 5. The van der Waals surface area contributed by atoms with Gasteiger partial charge >= 0.3 is 0 Å². The molecule has 4 rings (SSSR count). The number of aromatic nitrogens is 2. The molecular formula is C19H24N4OS. The Morgan fingerprint density at radius 3 is 2.96 bits per heavy atom. The highest BCUT2D eigenvalue weighted by molar-refractivity contribution is 8.14. The van der Waals surface area contributed by atoms with Crippen LogP contribution in [0.25, 0.3) is 0 Å². The van der Waals surface area contributed by atoms with E-state index >= 15 is 0 Å². The second kappa shape index (κ2) is 7.22. The Morgan fingerprint density at radius 1 is 1.28 bits per heavy atom. The quantitative estimate of drug-likeness (QED) is 0.794. The minimum Gasteiger partial charge on any atom is -0.383 e. The first-order valence-corrected chi connectivity index (χ1v) is 9.86. The van der Waals surface area contributed by atoms with Gasteiger partial charge in [0.25, 0.3) is 0 Å². The van der Waals surface area contributed by atoms with Crippen LogP contribution >= 0.6 is 11.8 Å². The van der Waals surface area contributed by atoms with Gasteiger partial charge in [0.1, 0.15) is 6.04 Å². The van der Waals surface area contributed by atoms with E-state index in [1.807, 2.05) is 24.0 Å². The van der Waals surface area contributed by atoms with Crippen molar-refractivity contribution < 1.29 is 4.74 Å². The zero-order valence-electron chi connectivity index (χ0n) is 14.7. The van der Waals surface area contributed by atoms with Crippen molar-refractivity contribution >= 4 is 16.9 Å². The molecule has 0 radical (unpaired) electrons. The molecule has 1 saturated heterocycles. The van der Waals surface area contributed by atoms with E-state index in [1.165, 1.54) is 10.9 Å². The van der Waals surface area contributed by atoms with Gasteiger partial charge in [0, 0.05) is 43.5 Å². The van der Waals surface area contributed by atoms with Crippen LogP contribution in [0.5, 0.6) is 0 Å². The summed E-state index contributed by atoms with van der Waals surface area (Å²) in [7, 11) is 1.75. The predicted octanol–water partition coefficient (Wildman–Crippen LogP) is 3.51. The summed E-state index contributed by atoms with van der Waals surface area (Å²) >= 11 is 1.88. The van der Waals surface area contributed by atoms with Crippen LogP contribution in [0.4, 0.5) is 0 Å². The fraction of sp³-hybridized carbons (Fsp3) is 0.474. The molecule has 5 nitrogen and oxygen atoms in total. The first-order valence-electron chi connectivity index (χ1n) is 8.87. The number of nitrogens with zero attached hydrogens (tertiary/aromatic N) is 4. The molecular weight excluding hydrogens is 332 g/mol. The predicted molar refractivity (Wildman–Crippen MR) is 102 cm³/mol. The Morgan fingerprint density at radius 2 is 2.20 bits per heavy atom. The molecule has 0 saturated carbocycles. The van der Waals surface area contributed by atoms with Gasteiger partial charge in [-0.1, -0.05) is 24.8 Å². The van der Waals surface area contributed by atoms with Gasteiger partial charge in [-0.15, -0.1) is 0 Å². The van der Waals surface area contributed by atoms with Gasteiger partial charge in [-0.05, 0) is 30.7 Å². The van der Waals surface area contributed by atoms with Crippen LogP contribution in [-0.2, 0) is 11.3 Å².